The summed E-state index contributed by atoms with van der Waals surface area (Å²) in [6.07, 6.45) is 0. The monoisotopic (exact) mass is 602 g/mol. The van der Waals surface area contributed by atoms with Gasteiger partial charge in [0.2, 0.25) is 0 Å². The van der Waals surface area contributed by atoms with E-state index in [1.807, 2.05) is 57.2 Å². The van der Waals surface area contributed by atoms with E-state index in [1.165, 1.54) is 0 Å². The number of morpholine rings is 1. The number of likely N-dealkylation sites (N-methyl/N-ethyl adjacent to an activating group) is 1. The number of amides is 2. The van der Waals surface area contributed by atoms with Crippen molar-refractivity contribution in [3.8, 4) is 5.75 Å². The maximum atomic E-state index is 13.5. The Kier molecular flexibility index (Phi) is 11.5. The minimum absolute atomic E-state index is 0.222. The summed E-state index contributed by atoms with van der Waals surface area (Å²) in [7, 11) is 0. The van der Waals surface area contributed by atoms with Crippen LogP contribution in [0.25, 0.3) is 10.8 Å². The molecular formula is C35H46N4O5. The normalized spacial score (nSPS) is 14.0. The first kappa shape index (κ1) is 33.1. The number of carbonyl (C=O) groups excluding carboxylic acids is 3. The Morgan fingerprint density at radius 1 is 0.955 bits per heavy atom. The number of benzene rings is 3. The van der Waals surface area contributed by atoms with Crippen LogP contribution in [0.15, 0.2) is 54.6 Å². The van der Waals surface area contributed by atoms with Gasteiger partial charge in [-0.1, -0.05) is 58.9 Å². The third-order valence-corrected chi connectivity index (χ3v) is 8.03. The summed E-state index contributed by atoms with van der Waals surface area (Å²) in [6.45, 7) is 17.9. The second-order valence-electron chi connectivity index (χ2n) is 12.1. The van der Waals surface area contributed by atoms with Gasteiger partial charge in [0.05, 0.1) is 13.2 Å². The number of carbonyl (C=O) groups is 3. The van der Waals surface area contributed by atoms with Gasteiger partial charge in [-0.05, 0) is 59.8 Å². The first-order valence-electron chi connectivity index (χ1n) is 15.6. The second kappa shape index (κ2) is 15.3. The molecule has 2 amide bonds. The fourth-order valence-electron chi connectivity index (χ4n) is 5.25. The Labute approximate surface area is 260 Å². The predicted molar refractivity (Wildman–Crippen MR) is 175 cm³/mol. The highest BCUT2D eigenvalue weighted by Crippen LogP contribution is 2.30. The van der Waals surface area contributed by atoms with Gasteiger partial charge >= 0.3 is 0 Å². The Morgan fingerprint density at radius 2 is 1.66 bits per heavy atom. The third-order valence-electron chi connectivity index (χ3n) is 8.03. The first-order valence-corrected chi connectivity index (χ1v) is 15.6. The van der Waals surface area contributed by atoms with E-state index in [9.17, 15) is 14.4 Å². The molecule has 0 unspecified atom stereocenters. The van der Waals surface area contributed by atoms with Crippen LogP contribution in [0, 0.1) is 0 Å². The Hall–Kier alpha value is -3.79. The smallest absolute Gasteiger partial charge is 0.296 e. The molecule has 1 saturated heterocycles. The Bertz CT molecular complexity index is 1460. The molecule has 3 aromatic rings. The molecule has 236 valence electrons. The SMILES string of the molecule is CCN(CC)CCNC(=O)c1cc(NC(=O)C(=O)c2ccc(OCCN3CCOCC3)c3ccccc23)cc(C(C)(C)C)c1. The van der Waals surface area contributed by atoms with E-state index in [0.29, 0.717) is 41.1 Å². The van der Waals surface area contributed by atoms with E-state index in [4.69, 9.17) is 9.47 Å². The highest BCUT2D eigenvalue weighted by atomic mass is 16.5. The van der Waals surface area contributed by atoms with Crippen LogP contribution in [0.3, 0.4) is 0 Å². The van der Waals surface area contributed by atoms with Crippen LogP contribution >= 0.6 is 0 Å². The molecule has 1 fully saturated rings. The minimum atomic E-state index is -0.768. The molecule has 44 heavy (non-hydrogen) atoms. The summed E-state index contributed by atoms with van der Waals surface area (Å²) in [6, 6.07) is 16.1. The lowest BCUT2D eigenvalue weighted by molar-refractivity contribution is -0.112. The molecule has 4 rings (SSSR count). The number of anilines is 1. The number of hydrogen-bond acceptors (Lipinski definition) is 7. The molecule has 1 aliphatic rings. The molecule has 3 aromatic carbocycles. The lowest BCUT2D eigenvalue weighted by Crippen LogP contribution is -2.38. The van der Waals surface area contributed by atoms with Crippen molar-refractivity contribution in [3.63, 3.8) is 0 Å². The van der Waals surface area contributed by atoms with E-state index < -0.39 is 11.7 Å². The molecule has 9 nitrogen and oxygen atoms in total. The van der Waals surface area contributed by atoms with Gasteiger partial charge in [0.15, 0.2) is 0 Å². The lowest BCUT2D eigenvalue weighted by atomic mass is 9.85. The fourth-order valence-corrected chi connectivity index (χ4v) is 5.25. The van der Waals surface area contributed by atoms with Gasteiger partial charge in [0.25, 0.3) is 17.6 Å². The van der Waals surface area contributed by atoms with Crippen LogP contribution in [0.4, 0.5) is 5.69 Å². The highest BCUT2D eigenvalue weighted by Gasteiger charge is 2.23. The number of fused-ring (bicyclic) bond motifs is 1. The number of nitrogens with one attached hydrogen (secondary N) is 2. The zero-order chi connectivity index (χ0) is 31.7. The number of nitrogens with zero attached hydrogens (tertiary/aromatic N) is 2. The molecule has 0 radical (unpaired) electrons. The van der Waals surface area contributed by atoms with Crippen molar-refractivity contribution in [2.75, 3.05) is 71.0 Å². The molecule has 0 spiro atoms. The van der Waals surface area contributed by atoms with E-state index in [-0.39, 0.29) is 11.3 Å². The summed E-state index contributed by atoms with van der Waals surface area (Å²) < 4.78 is 11.5. The van der Waals surface area contributed by atoms with Crippen molar-refractivity contribution in [2.24, 2.45) is 0 Å². The van der Waals surface area contributed by atoms with Crippen LogP contribution in [0.1, 0.15) is 60.9 Å². The summed E-state index contributed by atoms with van der Waals surface area (Å²) in [5, 5.41) is 7.17. The third kappa shape index (κ3) is 8.65. The van der Waals surface area contributed by atoms with Gasteiger partial charge in [-0.25, -0.2) is 0 Å². The van der Waals surface area contributed by atoms with E-state index in [1.54, 1.807) is 18.2 Å². The molecule has 2 N–H and O–H groups in total. The standard InChI is InChI=1S/C35H46N4O5/c1-6-38(7-2)15-14-36-33(41)25-22-26(35(3,4)5)24-27(23-25)37-34(42)32(40)30-12-13-31(29-11-9-8-10-28(29)30)44-21-18-39-16-19-43-20-17-39/h8-13,22-24H,6-7,14-21H2,1-5H3,(H,36,41)(H,37,42). The predicted octanol–water partition coefficient (Wildman–Crippen LogP) is 4.74. The maximum Gasteiger partial charge on any atom is 0.296 e. The van der Waals surface area contributed by atoms with Gasteiger partial charge in [0.1, 0.15) is 12.4 Å². The quantitative estimate of drug-likeness (QED) is 0.215. The van der Waals surface area contributed by atoms with Crippen LogP contribution in [-0.4, -0.2) is 93.0 Å². The zero-order valence-electron chi connectivity index (χ0n) is 26.7. The Balaban J connectivity index is 1.50. The van der Waals surface area contributed by atoms with Gasteiger partial charge < -0.3 is 25.0 Å². The fraction of sp³-hybridized carbons (Fsp3) is 0.457. The number of ketones is 1. The molecule has 1 heterocycles. The van der Waals surface area contributed by atoms with Crippen LogP contribution < -0.4 is 15.4 Å². The lowest BCUT2D eigenvalue weighted by Gasteiger charge is -2.26. The van der Waals surface area contributed by atoms with Crippen LogP contribution in [-0.2, 0) is 14.9 Å². The number of ether oxygens (including phenoxy) is 2. The van der Waals surface area contributed by atoms with Crippen molar-refractivity contribution in [1.29, 1.82) is 0 Å². The topological polar surface area (TPSA) is 100 Å². The highest BCUT2D eigenvalue weighted by molar-refractivity contribution is 6.48. The van der Waals surface area contributed by atoms with E-state index in [2.05, 4.69) is 34.3 Å². The summed E-state index contributed by atoms with van der Waals surface area (Å²) in [5.74, 6) is -0.983. The maximum absolute atomic E-state index is 13.5. The van der Waals surface area contributed by atoms with Crippen molar-refractivity contribution in [3.05, 3.63) is 71.3 Å². The summed E-state index contributed by atoms with van der Waals surface area (Å²) in [5.41, 5.74) is 1.72. The number of rotatable bonds is 13. The largest absolute Gasteiger partial charge is 0.492 e. The van der Waals surface area contributed by atoms with Gasteiger partial charge in [0, 0.05) is 54.9 Å². The van der Waals surface area contributed by atoms with Crippen molar-refractivity contribution < 1.29 is 23.9 Å². The van der Waals surface area contributed by atoms with Gasteiger partial charge in [-0.3, -0.25) is 19.3 Å². The van der Waals surface area contributed by atoms with Gasteiger partial charge in [-0.15, -0.1) is 0 Å². The van der Waals surface area contributed by atoms with Gasteiger partial charge in [-0.2, -0.15) is 0 Å². The molecule has 0 saturated carbocycles. The molecule has 0 aromatic heterocycles. The van der Waals surface area contributed by atoms with Crippen molar-refractivity contribution in [2.45, 2.75) is 40.0 Å². The summed E-state index contributed by atoms with van der Waals surface area (Å²) in [4.78, 5) is 44.5. The number of Topliss-reactive ketones (excluding diaryl/α,β-unsaturated/α-hetero) is 1. The summed E-state index contributed by atoms with van der Waals surface area (Å²) >= 11 is 0. The van der Waals surface area contributed by atoms with Crippen molar-refractivity contribution in [1.82, 2.24) is 15.1 Å². The molecule has 9 heteroatoms. The second-order valence-corrected chi connectivity index (χ2v) is 12.1. The van der Waals surface area contributed by atoms with E-state index in [0.717, 1.165) is 63.4 Å². The molecular weight excluding hydrogens is 556 g/mol. The average Bonchev–Trinajstić information content (AvgIpc) is 3.02. The minimum Gasteiger partial charge on any atom is -0.492 e. The average molecular weight is 603 g/mol. The first-order chi connectivity index (χ1) is 21.1. The number of hydrogen-bond donors (Lipinski definition) is 2. The van der Waals surface area contributed by atoms with Crippen LogP contribution in [0.5, 0.6) is 5.75 Å². The molecule has 0 aliphatic carbocycles. The Morgan fingerprint density at radius 3 is 2.34 bits per heavy atom. The van der Waals surface area contributed by atoms with E-state index >= 15 is 0 Å². The zero-order valence-corrected chi connectivity index (χ0v) is 26.7. The van der Waals surface area contributed by atoms with Crippen LogP contribution in [0.2, 0.25) is 0 Å². The molecule has 0 atom stereocenters. The molecule has 1 aliphatic heterocycles. The van der Waals surface area contributed by atoms with Crippen molar-refractivity contribution >= 4 is 34.1 Å². The molecule has 0 bridgehead atoms.